The Labute approximate surface area is 141 Å². The van der Waals surface area contributed by atoms with E-state index in [1.807, 2.05) is 13.8 Å². The van der Waals surface area contributed by atoms with Crippen LogP contribution in [0, 0.1) is 5.92 Å². The molecule has 0 aromatic carbocycles. The van der Waals surface area contributed by atoms with E-state index < -0.39 is 33.8 Å². The predicted octanol–water partition coefficient (Wildman–Crippen LogP) is -0.856. The van der Waals surface area contributed by atoms with Crippen LogP contribution in [0.5, 0.6) is 0 Å². The third-order valence-electron chi connectivity index (χ3n) is 3.58. The normalized spacial score (nSPS) is 18.3. The standard InChI is InChI=1S/C14H25N3O6S/c1-10(2)8-11(14(20)21)16-13(19)9-15-12(18)4-6-17-5-3-7-24(17,22)23/h10-11H,3-9H2,1-2H3,(H,15,18)(H,16,19)(H,20,21)/t11-/m0/s1. The molecule has 1 atom stereocenters. The van der Waals surface area contributed by atoms with Crippen LogP contribution in [0.15, 0.2) is 0 Å². The number of rotatable bonds is 9. The molecule has 0 aromatic rings. The van der Waals surface area contributed by atoms with Gasteiger partial charge in [-0.05, 0) is 18.8 Å². The van der Waals surface area contributed by atoms with Gasteiger partial charge in [-0.1, -0.05) is 13.8 Å². The number of aliphatic carboxylic acids is 1. The highest BCUT2D eigenvalue weighted by Gasteiger charge is 2.28. The SMILES string of the molecule is CC(C)C[C@H](NC(=O)CNC(=O)CCN1CCCS1(=O)=O)C(=O)O. The molecule has 10 heteroatoms. The number of hydrogen-bond acceptors (Lipinski definition) is 5. The smallest absolute Gasteiger partial charge is 0.326 e. The van der Waals surface area contributed by atoms with Crippen molar-refractivity contribution >= 4 is 27.8 Å². The molecule has 138 valence electrons. The van der Waals surface area contributed by atoms with Crippen LogP contribution in [0.1, 0.15) is 33.1 Å². The molecule has 2 amide bonds. The average molecular weight is 363 g/mol. The Kier molecular flexibility index (Phi) is 7.61. The predicted molar refractivity (Wildman–Crippen MR) is 86.6 cm³/mol. The molecular formula is C14H25N3O6S. The Morgan fingerprint density at radius 3 is 2.38 bits per heavy atom. The Morgan fingerprint density at radius 2 is 1.88 bits per heavy atom. The molecule has 0 aliphatic carbocycles. The van der Waals surface area contributed by atoms with Gasteiger partial charge in [0.15, 0.2) is 0 Å². The van der Waals surface area contributed by atoms with Gasteiger partial charge in [-0.2, -0.15) is 0 Å². The van der Waals surface area contributed by atoms with Crippen molar-refractivity contribution in [2.24, 2.45) is 5.92 Å². The Morgan fingerprint density at radius 1 is 1.21 bits per heavy atom. The zero-order valence-corrected chi connectivity index (χ0v) is 14.8. The zero-order chi connectivity index (χ0) is 18.3. The van der Waals surface area contributed by atoms with E-state index >= 15 is 0 Å². The van der Waals surface area contributed by atoms with E-state index in [1.165, 1.54) is 4.31 Å². The maximum atomic E-state index is 11.7. The molecule has 1 heterocycles. The van der Waals surface area contributed by atoms with Gasteiger partial charge in [0.1, 0.15) is 6.04 Å². The second-order valence-electron chi connectivity index (χ2n) is 6.18. The highest BCUT2D eigenvalue weighted by Crippen LogP contribution is 2.13. The number of carboxylic acid groups (broad SMARTS) is 1. The summed E-state index contributed by atoms with van der Waals surface area (Å²) < 4.78 is 24.4. The van der Waals surface area contributed by atoms with Crippen molar-refractivity contribution in [3.63, 3.8) is 0 Å². The van der Waals surface area contributed by atoms with Crippen molar-refractivity contribution in [3.05, 3.63) is 0 Å². The van der Waals surface area contributed by atoms with Gasteiger partial charge in [-0.25, -0.2) is 17.5 Å². The number of amides is 2. The Bertz CT molecular complexity index is 575. The Hall–Kier alpha value is -1.68. The highest BCUT2D eigenvalue weighted by atomic mass is 32.2. The number of sulfonamides is 1. The molecule has 1 aliphatic rings. The molecule has 1 aliphatic heterocycles. The second kappa shape index (κ2) is 8.97. The molecule has 0 saturated carbocycles. The first-order valence-electron chi connectivity index (χ1n) is 7.88. The number of carboxylic acids is 1. The molecule has 24 heavy (non-hydrogen) atoms. The third kappa shape index (κ3) is 6.83. The van der Waals surface area contributed by atoms with E-state index in [-0.39, 0.29) is 31.2 Å². The monoisotopic (exact) mass is 363 g/mol. The van der Waals surface area contributed by atoms with Crippen molar-refractivity contribution < 1.29 is 27.9 Å². The number of carbonyl (C=O) groups excluding carboxylic acids is 2. The van der Waals surface area contributed by atoms with Crippen LogP contribution in [0.25, 0.3) is 0 Å². The number of nitrogens with one attached hydrogen (secondary N) is 2. The molecule has 0 unspecified atom stereocenters. The summed E-state index contributed by atoms with van der Waals surface area (Å²) in [6, 6.07) is -0.996. The van der Waals surface area contributed by atoms with E-state index in [1.54, 1.807) is 0 Å². The Balaban J connectivity index is 2.32. The lowest BCUT2D eigenvalue weighted by Crippen LogP contribution is -2.46. The van der Waals surface area contributed by atoms with E-state index in [0.29, 0.717) is 19.4 Å². The zero-order valence-electron chi connectivity index (χ0n) is 13.9. The van der Waals surface area contributed by atoms with Crippen molar-refractivity contribution in [3.8, 4) is 0 Å². The van der Waals surface area contributed by atoms with E-state index in [4.69, 9.17) is 5.11 Å². The van der Waals surface area contributed by atoms with Gasteiger partial charge in [0.2, 0.25) is 21.8 Å². The van der Waals surface area contributed by atoms with E-state index in [9.17, 15) is 22.8 Å². The third-order valence-corrected chi connectivity index (χ3v) is 5.53. The fourth-order valence-electron chi connectivity index (χ4n) is 2.37. The molecule has 0 bridgehead atoms. The van der Waals surface area contributed by atoms with Crippen molar-refractivity contribution in [2.45, 2.75) is 39.2 Å². The summed E-state index contributed by atoms with van der Waals surface area (Å²) in [4.78, 5) is 34.5. The van der Waals surface area contributed by atoms with Crippen LogP contribution < -0.4 is 10.6 Å². The van der Waals surface area contributed by atoms with Gasteiger partial charge in [0.25, 0.3) is 0 Å². The number of hydrogen-bond donors (Lipinski definition) is 3. The summed E-state index contributed by atoms with van der Waals surface area (Å²) >= 11 is 0. The van der Waals surface area contributed by atoms with Gasteiger partial charge < -0.3 is 15.7 Å². The second-order valence-corrected chi connectivity index (χ2v) is 8.27. The molecular weight excluding hydrogens is 338 g/mol. The highest BCUT2D eigenvalue weighted by molar-refractivity contribution is 7.89. The van der Waals surface area contributed by atoms with Crippen LogP contribution >= 0.6 is 0 Å². The molecule has 0 radical (unpaired) electrons. The summed E-state index contributed by atoms with van der Waals surface area (Å²) in [7, 11) is -3.24. The van der Waals surface area contributed by atoms with Gasteiger partial charge in [0, 0.05) is 19.5 Å². The molecule has 1 saturated heterocycles. The van der Waals surface area contributed by atoms with Gasteiger partial charge >= 0.3 is 5.97 Å². The fraction of sp³-hybridized carbons (Fsp3) is 0.786. The van der Waals surface area contributed by atoms with Crippen LogP contribution in [-0.4, -0.2) is 67.0 Å². The van der Waals surface area contributed by atoms with Crippen molar-refractivity contribution in [2.75, 3.05) is 25.4 Å². The minimum absolute atomic E-state index is 0.0408. The molecule has 1 rings (SSSR count). The molecule has 9 nitrogen and oxygen atoms in total. The summed E-state index contributed by atoms with van der Waals surface area (Å²) in [6.07, 6.45) is 0.807. The molecule has 0 spiro atoms. The largest absolute Gasteiger partial charge is 0.480 e. The van der Waals surface area contributed by atoms with E-state index in [0.717, 1.165) is 0 Å². The van der Waals surface area contributed by atoms with Gasteiger partial charge in [-0.15, -0.1) is 0 Å². The van der Waals surface area contributed by atoms with Crippen LogP contribution in [0.2, 0.25) is 0 Å². The van der Waals surface area contributed by atoms with Crippen molar-refractivity contribution in [1.29, 1.82) is 0 Å². The van der Waals surface area contributed by atoms with Crippen LogP contribution in [-0.2, 0) is 24.4 Å². The van der Waals surface area contributed by atoms with E-state index in [2.05, 4.69) is 10.6 Å². The first kappa shape index (κ1) is 20.4. The topological polar surface area (TPSA) is 133 Å². The molecule has 1 fully saturated rings. The number of carbonyl (C=O) groups is 3. The van der Waals surface area contributed by atoms with Gasteiger partial charge in [-0.3, -0.25) is 9.59 Å². The average Bonchev–Trinajstić information content (AvgIpc) is 2.80. The lowest BCUT2D eigenvalue weighted by Gasteiger charge is -2.17. The first-order valence-corrected chi connectivity index (χ1v) is 9.49. The maximum Gasteiger partial charge on any atom is 0.326 e. The molecule has 0 aromatic heterocycles. The van der Waals surface area contributed by atoms with Crippen LogP contribution in [0.4, 0.5) is 0 Å². The minimum Gasteiger partial charge on any atom is -0.480 e. The maximum absolute atomic E-state index is 11.7. The number of nitrogens with zero attached hydrogens (tertiary/aromatic N) is 1. The molecule has 3 N–H and O–H groups in total. The lowest BCUT2D eigenvalue weighted by atomic mass is 10.0. The summed E-state index contributed by atoms with van der Waals surface area (Å²) in [5.74, 6) is -1.97. The van der Waals surface area contributed by atoms with Gasteiger partial charge in [0.05, 0.1) is 12.3 Å². The minimum atomic E-state index is -3.24. The lowest BCUT2D eigenvalue weighted by molar-refractivity contribution is -0.142. The summed E-state index contributed by atoms with van der Waals surface area (Å²) in [6.45, 7) is 3.84. The van der Waals surface area contributed by atoms with Crippen molar-refractivity contribution in [1.82, 2.24) is 14.9 Å². The van der Waals surface area contributed by atoms with Crippen LogP contribution in [0.3, 0.4) is 0 Å². The summed E-state index contributed by atoms with van der Waals surface area (Å²) in [5.41, 5.74) is 0. The summed E-state index contributed by atoms with van der Waals surface area (Å²) in [5, 5.41) is 13.8. The first-order chi connectivity index (χ1) is 11.1. The quantitative estimate of drug-likeness (QED) is 0.488. The fourth-order valence-corrected chi connectivity index (χ4v) is 3.90.